The van der Waals surface area contributed by atoms with E-state index < -0.39 is 6.10 Å². The van der Waals surface area contributed by atoms with Crippen molar-refractivity contribution in [2.75, 3.05) is 17.7 Å². The number of anilines is 1. The quantitative estimate of drug-likeness (QED) is 0.634. The smallest absolute Gasteiger partial charge is 0.140 e. The molecule has 0 bridgehead atoms. The highest BCUT2D eigenvalue weighted by molar-refractivity contribution is 6.18. The van der Waals surface area contributed by atoms with Crippen molar-refractivity contribution >= 4 is 28.3 Å². The third-order valence-electron chi connectivity index (χ3n) is 3.28. The first-order valence-electron chi connectivity index (χ1n) is 6.80. The molecule has 108 valence electrons. The molecule has 0 aliphatic carbocycles. The Balaban J connectivity index is 1.94. The summed E-state index contributed by atoms with van der Waals surface area (Å²) in [5.41, 5.74) is 3.82. The monoisotopic (exact) mass is 301 g/mol. The summed E-state index contributed by atoms with van der Waals surface area (Å²) in [7, 11) is 0. The Morgan fingerprint density at radius 2 is 1.90 bits per heavy atom. The highest BCUT2D eigenvalue weighted by Crippen LogP contribution is 2.27. The van der Waals surface area contributed by atoms with E-state index in [1.165, 1.54) is 0 Å². The Morgan fingerprint density at radius 1 is 1.14 bits per heavy atom. The first kappa shape index (κ1) is 13.9. The summed E-state index contributed by atoms with van der Waals surface area (Å²) in [6.07, 6.45) is -0.574. The van der Waals surface area contributed by atoms with E-state index in [1.807, 2.05) is 48.5 Å². The van der Waals surface area contributed by atoms with Gasteiger partial charge >= 0.3 is 0 Å². The zero-order chi connectivity index (χ0) is 14.7. The Bertz CT molecular complexity index is 708. The molecule has 0 radical (unpaired) electrons. The number of halogens is 1. The van der Waals surface area contributed by atoms with Gasteiger partial charge in [-0.3, -0.25) is 0 Å². The van der Waals surface area contributed by atoms with Gasteiger partial charge in [-0.15, -0.1) is 11.6 Å². The molecule has 1 aromatic heterocycles. The van der Waals surface area contributed by atoms with Crippen LogP contribution in [0.3, 0.4) is 0 Å². The number of fused-ring (bicyclic) bond motifs is 1. The van der Waals surface area contributed by atoms with Gasteiger partial charge in [-0.1, -0.05) is 24.3 Å². The van der Waals surface area contributed by atoms with Gasteiger partial charge in [-0.2, -0.15) is 0 Å². The van der Waals surface area contributed by atoms with Gasteiger partial charge in [0.25, 0.3) is 0 Å². The van der Waals surface area contributed by atoms with Gasteiger partial charge in [0.2, 0.25) is 0 Å². The van der Waals surface area contributed by atoms with Crippen LogP contribution in [0.1, 0.15) is 0 Å². The molecule has 0 fully saturated rings. The van der Waals surface area contributed by atoms with Crippen LogP contribution in [0.5, 0.6) is 0 Å². The minimum atomic E-state index is -0.574. The molecule has 5 heteroatoms. The van der Waals surface area contributed by atoms with Crippen LogP contribution in [0.4, 0.5) is 5.69 Å². The first-order chi connectivity index (χ1) is 10.3. The van der Waals surface area contributed by atoms with Gasteiger partial charge in [-0.25, -0.2) is 4.98 Å². The predicted molar refractivity (Wildman–Crippen MR) is 86.7 cm³/mol. The maximum absolute atomic E-state index is 9.58. The second kappa shape index (κ2) is 6.16. The average Bonchev–Trinajstić information content (AvgIpc) is 2.96. The van der Waals surface area contributed by atoms with E-state index in [-0.39, 0.29) is 5.88 Å². The van der Waals surface area contributed by atoms with Crippen LogP contribution in [0.25, 0.3) is 22.4 Å². The van der Waals surface area contributed by atoms with Gasteiger partial charge in [0.1, 0.15) is 5.82 Å². The fourth-order valence-electron chi connectivity index (χ4n) is 2.21. The van der Waals surface area contributed by atoms with Crippen LogP contribution < -0.4 is 5.32 Å². The van der Waals surface area contributed by atoms with Crippen LogP contribution in [0.2, 0.25) is 0 Å². The summed E-state index contributed by atoms with van der Waals surface area (Å²) in [5.74, 6) is 1.01. The Morgan fingerprint density at radius 3 is 2.71 bits per heavy atom. The Labute approximate surface area is 127 Å². The number of rotatable bonds is 5. The van der Waals surface area contributed by atoms with Gasteiger partial charge in [0.15, 0.2) is 0 Å². The van der Waals surface area contributed by atoms with E-state index in [1.54, 1.807) is 0 Å². The second-order valence-electron chi connectivity index (χ2n) is 4.84. The number of aliphatic hydroxyl groups is 1. The number of H-pyrrole nitrogens is 1. The first-order valence-corrected chi connectivity index (χ1v) is 7.33. The molecule has 0 saturated carbocycles. The summed E-state index contributed by atoms with van der Waals surface area (Å²) in [5, 5.41) is 12.8. The minimum Gasteiger partial charge on any atom is -0.390 e. The number of aromatic amines is 1. The van der Waals surface area contributed by atoms with Crippen LogP contribution in [-0.2, 0) is 0 Å². The van der Waals surface area contributed by atoms with E-state index in [0.29, 0.717) is 6.54 Å². The number of alkyl halides is 1. The number of benzene rings is 2. The molecule has 21 heavy (non-hydrogen) atoms. The standard InChI is InChI=1S/C16H16ClN3O/c17-9-11(21)10-18-13-6-2-1-5-12(13)16-19-14-7-3-4-8-15(14)20-16/h1-8,11,18,21H,9-10H2,(H,19,20). The molecule has 0 amide bonds. The number of hydrogen-bond acceptors (Lipinski definition) is 3. The molecule has 4 nitrogen and oxygen atoms in total. The van der Waals surface area contributed by atoms with E-state index in [2.05, 4.69) is 15.3 Å². The van der Waals surface area contributed by atoms with Crippen molar-refractivity contribution < 1.29 is 5.11 Å². The zero-order valence-corrected chi connectivity index (χ0v) is 12.1. The highest BCUT2D eigenvalue weighted by atomic mass is 35.5. The van der Waals surface area contributed by atoms with Gasteiger partial charge in [0, 0.05) is 17.8 Å². The maximum Gasteiger partial charge on any atom is 0.140 e. The minimum absolute atomic E-state index is 0.208. The van der Waals surface area contributed by atoms with Crippen molar-refractivity contribution in [2.45, 2.75) is 6.10 Å². The zero-order valence-electron chi connectivity index (χ0n) is 11.4. The van der Waals surface area contributed by atoms with Crippen LogP contribution >= 0.6 is 11.6 Å². The third-order valence-corrected chi connectivity index (χ3v) is 3.63. The van der Waals surface area contributed by atoms with Crippen molar-refractivity contribution in [2.24, 2.45) is 0 Å². The average molecular weight is 302 g/mol. The molecular formula is C16H16ClN3O. The van der Waals surface area contributed by atoms with Crippen molar-refractivity contribution in [3.8, 4) is 11.4 Å². The molecule has 1 atom stereocenters. The highest BCUT2D eigenvalue weighted by Gasteiger charge is 2.10. The lowest BCUT2D eigenvalue weighted by Gasteiger charge is -2.12. The summed E-state index contributed by atoms with van der Waals surface area (Å²) in [6, 6.07) is 15.8. The molecule has 0 aliphatic rings. The number of para-hydroxylation sites is 3. The maximum atomic E-state index is 9.58. The molecule has 1 heterocycles. The molecule has 0 spiro atoms. The van der Waals surface area contributed by atoms with Crippen LogP contribution in [0, 0.1) is 0 Å². The van der Waals surface area contributed by atoms with Gasteiger partial charge in [0.05, 0.1) is 23.0 Å². The number of nitrogens with one attached hydrogen (secondary N) is 2. The third kappa shape index (κ3) is 3.01. The van der Waals surface area contributed by atoms with Crippen LogP contribution in [0.15, 0.2) is 48.5 Å². The molecule has 2 aromatic carbocycles. The molecule has 0 saturated heterocycles. The van der Waals surface area contributed by atoms with Crippen LogP contribution in [-0.4, -0.2) is 33.6 Å². The van der Waals surface area contributed by atoms with E-state index >= 15 is 0 Å². The lowest BCUT2D eigenvalue weighted by molar-refractivity contribution is 0.211. The molecule has 0 aliphatic heterocycles. The summed E-state index contributed by atoms with van der Waals surface area (Å²) < 4.78 is 0. The summed E-state index contributed by atoms with van der Waals surface area (Å²) >= 11 is 5.62. The van der Waals surface area contributed by atoms with Crippen molar-refractivity contribution in [3.63, 3.8) is 0 Å². The van der Waals surface area contributed by atoms with Crippen molar-refractivity contribution in [3.05, 3.63) is 48.5 Å². The second-order valence-corrected chi connectivity index (χ2v) is 5.15. The van der Waals surface area contributed by atoms with E-state index in [4.69, 9.17) is 11.6 Å². The van der Waals surface area contributed by atoms with Gasteiger partial charge < -0.3 is 15.4 Å². The number of imidazole rings is 1. The molecule has 3 rings (SSSR count). The molecular weight excluding hydrogens is 286 g/mol. The molecule has 3 N–H and O–H groups in total. The number of nitrogens with zero attached hydrogens (tertiary/aromatic N) is 1. The summed E-state index contributed by atoms with van der Waals surface area (Å²) in [6.45, 7) is 0.404. The van der Waals surface area contributed by atoms with E-state index in [0.717, 1.165) is 28.1 Å². The topological polar surface area (TPSA) is 60.9 Å². The normalized spacial score (nSPS) is 12.5. The predicted octanol–water partition coefficient (Wildman–Crippen LogP) is 3.24. The van der Waals surface area contributed by atoms with Crippen molar-refractivity contribution in [1.82, 2.24) is 9.97 Å². The summed E-state index contributed by atoms with van der Waals surface area (Å²) in [4.78, 5) is 7.92. The lowest BCUT2D eigenvalue weighted by Crippen LogP contribution is -2.21. The number of aromatic nitrogens is 2. The lowest BCUT2D eigenvalue weighted by atomic mass is 10.1. The fourth-order valence-corrected chi connectivity index (χ4v) is 2.32. The molecule has 1 unspecified atom stereocenters. The largest absolute Gasteiger partial charge is 0.390 e. The van der Waals surface area contributed by atoms with Gasteiger partial charge in [-0.05, 0) is 24.3 Å². The number of hydrogen-bond donors (Lipinski definition) is 3. The number of aliphatic hydroxyl groups excluding tert-OH is 1. The Kier molecular flexibility index (Phi) is 4.08. The SMILES string of the molecule is OC(CCl)CNc1ccccc1-c1nc2ccccc2[nH]1. The van der Waals surface area contributed by atoms with E-state index in [9.17, 15) is 5.11 Å². The Hall–Kier alpha value is -2.04. The van der Waals surface area contributed by atoms with Crippen molar-refractivity contribution in [1.29, 1.82) is 0 Å². The fraction of sp³-hybridized carbons (Fsp3) is 0.188. The molecule has 3 aromatic rings.